The molecule has 0 radical (unpaired) electrons. The third-order valence-corrected chi connectivity index (χ3v) is 3.86. The molecular formula is C15H25N3. The number of rotatable bonds is 6. The van der Waals surface area contributed by atoms with E-state index in [9.17, 15) is 0 Å². The van der Waals surface area contributed by atoms with Crippen molar-refractivity contribution in [2.45, 2.75) is 25.2 Å². The molecule has 1 aromatic rings. The van der Waals surface area contributed by atoms with Gasteiger partial charge in [0, 0.05) is 32.7 Å². The second-order valence-corrected chi connectivity index (χ2v) is 5.17. The summed E-state index contributed by atoms with van der Waals surface area (Å²) in [6, 6.07) is 8.88. The summed E-state index contributed by atoms with van der Waals surface area (Å²) in [5.74, 6) is 0.660. The first-order valence-corrected chi connectivity index (χ1v) is 7.05. The van der Waals surface area contributed by atoms with E-state index in [-0.39, 0.29) is 0 Å². The van der Waals surface area contributed by atoms with Crippen molar-refractivity contribution in [1.29, 1.82) is 0 Å². The normalized spacial score (nSPS) is 18.9. The van der Waals surface area contributed by atoms with Gasteiger partial charge in [-0.15, -0.1) is 0 Å². The lowest BCUT2D eigenvalue weighted by Crippen LogP contribution is -2.37. The third kappa shape index (κ3) is 3.31. The maximum absolute atomic E-state index is 5.68. The minimum atomic E-state index is 0.660. The fraction of sp³-hybridized carbons (Fsp3) is 0.600. The summed E-state index contributed by atoms with van der Waals surface area (Å²) in [5, 5.41) is 0. The van der Waals surface area contributed by atoms with E-state index in [1.807, 2.05) is 0 Å². The van der Waals surface area contributed by atoms with Gasteiger partial charge in [0.05, 0.1) is 0 Å². The molecule has 1 atom stereocenters. The Morgan fingerprint density at radius 1 is 1.11 bits per heavy atom. The van der Waals surface area contributed by atoms with Crippen LogP contribution in [0.15, 0.2) is 24.3 Å². The van der Waals surface area contributed by atoms with Crippen molar-refractivity contribution in [3.63, 3.8) is 0 Å². The largest absolute Gasteiger partial charge is 0.329 e. The number of nitrogens with two attached hydrogens (primary N) is 2. The lowest BCUT2D eigenvalue weighted by Gasteiger charge is -2.31. The van der Waals surface area contributed by atoms with Crippen LogP contribution < -0.4 is 11.5 Å². The zero-order chi connectivity index (χ0) is 12.8. The smallest absolute Gasteiger partial charge is 0.0105 e. The molecule has 0 bridgehead atoms. The molecule has 0 aliphatic heterocycles. The molecule has 0 saturated carbocycles. The number of fused-ring (bicyclic) bond motifs is 1. The minimum Gasteiger partial charge on any atom is -0.329 e. The average molecular weight is 247 g/mol. The molecule has 1 unspecified atom stereocenters. The highest BCUT2D eigenvalue weighted by Crippen LogP contribution is 2.31. The van der Waals surface area contributed by atoms with Crippen molar-refractivity contribution in [3.8, 4) is 0 Å². The predicted molar refractivity (Wildman–Crippen MR) is 76.7 cm³/mol. The van der Waals surface area contributed by atoms with Crippen molar-refractivity contribution in [2.75, 3.05) is 32.7 Å². The van der Waals surface area contributed by atoms with Crippen LogP contribution in [0, 0.1) is 0 Å². The van der Waals surface area contributed by atoms with Crippen LogP contribution >= 0.6 is 0 Å². The predicted octanol–water partition coefficient (Wildman–Crippen LogP) is 1.33. The van der Waals surface area contributed by atoms with E-state index >= 15 is 0 Å². The number of benzene rings is 1. The summed E-state index contributed by atoms with van der Waals surface area (Å²) in [5.41, 5.74) is 14.4. The highest BCUT2D eigenvalue weighted by atomic mass is 15.1. The van der Waals surface area contributed by atoms with Crippen LogP contribution in [-0.4, -0.2) is 37.6 Å². The summed E-state index contributed by atoms with van der Waals surface area (Å²) in [7, 11) is 0. The van der Waals surface area contributed by atoms with Gasteiger partial charge in [0.2, 0.25) is 0 Å². The van der Waals surface area contributed by atoms with Crippen molar-refractivity contribution in [3.05, 3.63) is 35.4 Å². The van der Waals surface area contributed by atoms with Crippen LogP contribution in [0.3, 0.4) is 0 Å². The highest BCUT2D eigenvalue weighted by molar-refractivity contribution is 5.32. The molecular weight excluding hydrogens is 222 g/mol. The highest BCUT2D eigenvalue weighted by Gasteiger charge is 2.21. The van der Waals surface area contributed by atoms with Crippen molar-refractivity contribution < 1.29 is 0 Å². The zero-order valence-electron chi connectivity index (χ0n) is 11.1. The van der Waals surface area contributed by atoms with Crippen LogP contribution in [0.4, 0.5) is 0 Å². The van der Waals surface area contributed by atoms with Gasteiger partial charge in [-0.1, -0.05) is 24.3 Å². The fourth-order valence-corrected chi connectivity index (χ4v) is 3.02. The molecule has 1 aliphatic rings. The Balaban J connectivity index is 2.05. The molecule has 2 rings (SSSR count). The SMILES string of the molecule is NCCN(CCN)CC1CCCc2ccccc21. The summed E-state index contributed by atoms with van der Waals surface area (Å²) >= 11 is 0. The van der Waals surface area contributed by atoms with Gasteiger partial charge < -0.3 is 16.4 Å². The van der Waals surface area contributed by atoms with Crippen LogP contribution in [-0.2, 0) is 6.42 Å². The lowest BCUT2D eigenvalue weighted by atomic mass is 9.82. The molecule has 0 saturated heterocycles. The van der Waals surface area contributed by atoms with Gasteiger partial charge in [0.1, 0.15) is 0 Å². The average Bonchev–Trinajstić information content (AvgIpc) is 2.40. The van der Waals surface area contributed by atoms with Gasteiger partial charge >= 0.3 is 0 Å². The van der Waals surface area contributed by atoms with Crippen molar-refractivity contribution in [1.82, 2.24) is 4.90 Å². The van der Waals surface area contributed by atoms with E-state index in [0.29, 0.717) is 19.0 Å². The number of hydrogen-bond donors (Lipinski definition) is 2. The number of nitrogens with zero attached hydrogens (tertiary/aromatic N) is 1. The third-order valence-electron chi connectivity index (χ3n) is 3.86. The van der Waals surface area contributed by atoms with Crippen LogP contribution in [0.2, 0.25) is 0 Å². The first-order chi connectivity index (χ1) is 8.85. The monoisotopic (exact) mass is 247 g/mol. The standard InChI is InChI=1S/C15H25N3/c16-8-10-18(11-9-17)12-14-6-3-5-13-4-1-2-7-15(13)14/h1-2,4,7,14H,3,5-6,8-12,16-17H2. The van der Waals surface area contributed by atoms with E-state index in [0.717, 1.165) is 19.6 Å². The van der Waals surface area contributed by atoms with Crippen LogP contribution in [0.5, 0.6) is 0 Å². The topological polar surface area (TPSA) is 55.3 Å². The van der Waals surface area contributed by atoms with Gasteiger partial charge in [0.25, 0.3) is 0 Å². The maximum Gasteiger partial charge on any atom is 0.0105 e. The van der Waals surface area contributed by atoms with Crippen LogP contribution in [0.1, 0.15) is 29.9 Å². The Morgan fingerprint density at radius 3 is 2.56 bits per heavy atom. The minimum absolute atomic E-state index is 0.660. The van der Waals surface area contributed by atoms with Crippen molar-refractivity contribution in [2.24, 2.45) is 11.5 Å². The Kier molecular flexibility index (Phi) is 5.17. The van der Waals surface area contributed by atoms with E-state index in [4.69, 9.17) is 11.5 Å². The number of hydrogen-bond acceptors (Lipinski definition) is 3. The first kappa shape index (κ1) is 13.5. The van der Waals surface area contributed by atoms with E-state index < -0.39 is 0 Å². The van der Waals surface area contributed by atoms with Crippen molar-refractivity contribution >= 4 is 0 Å². The number of aryl methyl sites for hydroxylation is 1. The fourth-order valence-electron chi connectivity index (χ4n) is 3.02. The maximum atomic E-state index is 5.68. The molecule has 100 valence electrons. The van der Waals surface area contributed by atoms with E-state index in [2.05, 4.69) is 29.2 Å². The van der Waals surface area contributed by atoms with Gasteiger partial charge in [-0.3, -0.25) is 0 Å². The lowest BCUT2D eigenvalue weighted by molar-refractivity contribution is 0.260. The molecule has 1 aromatic carbocycles. The molecule has 18 heavy (non-hydrogen) atoms. The van der Waals surface area contributed by atoms with Gasteiger partial charge in [-0.2, -0.15) is 0 Å². The molecule has 0 spiro atoms. The van der Waals surface area contributed by atoms with E-state index in [1.165, 1.54) is 24.8 Å². The molecule has 0 fully saturated rings. The summed E-state index contributed by atoms with van der Waals surface area (Å²) in [6.07, 6.45) is 3.84. The van der Waals surface area contributed by atoms with E-state index in [1.54, 1.807) is 5.56 Å². The van der Waals surface area contributed by atoms with Crippen LogP contribution in [0.25, 0.3) is 0 Å². The summed E-state index contributed by atoms with van der Waals surface area (Å²) < 4.78 is 0. The molecule has 1 aliphatic carbocycles. The molecule has 4 N–H and O–H groups in total. The van der Waals surface area contributed by atoms with Gasteiger partial charge in [-0.05, 0) is 36.3 Å². The first-order valence-electron chi connectivity index (χ1n) is 7.05. The molecule has 3 nitrogen and oxygen atoms in total. The molecule has 0 amide bonds. The Morgan fingerprint density at radius 2 is 1.83 bits per heavy atom. The molecule has 0 aromatic heterocycles. The molecule has 0 heterocycles. The zero-order valence-corrected chi connectivity index (χ0v) is 11.1. The second kappa shape index (κ2) is 6.88. The quantitative estimate of drug-likeness (QED) is 0.797. The molecule has 3 heteroatoms. The van der Waals surface area contributed by atoms with Gasteiger partial charge in [-0.25, -0.2) is 0 Å². The Labute approximate surface area is 110 Å². The van der Waals surface area contributed by atoms with Gasteiger partial charge in [0.15, 0.2) is 0 Å². The second-order valence-electron chi connectivity index (χ2n) is 5.17. The Hall–Kier alpha value is -0.900. The Bertz CT molecular complexity index is 359. The summed E-state index contributed by atoms with van der Waals surface area (Å²) in [4.78, 5) is 2.41. The summed E-state index contributed by atoms with van der Waals surface area (Å²) in [6.45, 7) is 4.44.